The Morgan fingerprint density at radius 3 is 2.38 bits per heavy atom. The predicted octanol–water partition coefficient (Wildman–Crippen LogP) is 3.63. The molecule has 0 saturated heterocycles. The first-order valence-electron chi connectivity index (χ1n) is 5.24. The van der Waals surface area contributed by atoms with Crippen LogP contribution >= 0.6 is 0 Å². The second kappa shape index (κ2) is 6.38. The van der Waals surface area contributed by atoms with Gasteiger partial charge in [0.25, 0.3) is 0 Å². The van der Waals surface area contributed by atoms with E-state index in [0.717, 1.165) is 6.23 Å². The normalized spacial score (nSPS) is 15.2. The number of rotatable bonds is 6. The van der Waals surface area contributed by atoms with Gasteiger partial charge in [0.05, 0.1) is 14.2 Å². The van der Waals surface area contributed by atoms with Crippen LogP contribution in [0, 0.1) is 0 Å². The van der Waals surface area contributed by atoms with E-state index >= 15 is 0 Å². The van der Waals surface area contributed by atoms with Crippen molar-refractivity contribution in [2.75, 3.05) is 6.23 Å². The summed E-state index contributed by atoms with van der Waals surface area (Å²) in [5.74, 6) is 0. The van der Waals surface area contributed by atoms with Crippen LogP contribution in [0.3, 0.4) is 0 Å². The van der Waals surface area contributed by atoms with Gasteiger partial charge < -0.3 is 4.74 Å². The molecule has 1 nitrogen and oxygen atoms in total. The van der Waals surface area contributed by atoms with Crippen molar-refractivity contribution in [2.24, 2.45) is 0 Å². The molecule has 78 valence electrons. The fourth-order valence-electron chi connectivity index (χ4n) is 0.892. The van der Waals surface area contributed by atoms with E-state index < -0.39 is 8.07 Å². The lowest BCUT2D eigenvalue weighted by Gasteiger charge is -2.18. The zero-order valence-electron chi connectivity index (χ0n) is 9.76. The van der Waals surface area contributed by atoms with E-state index in [1.807, 2.05) is 0 Å². The fraction of sp³-hybridized carbons (Fsp3) is 0.818. The summed E-state index contributed by atoms with van der Waals surface area (Å²) < 4.78 is 5.73. The van der Waals surface area contributed by atoms with Crippen LogP contribution in [0.5, 0.6) is 0 Å². The van der Waals surface area contributed by atoms with Crippen molar-refractivity contribution in [1.29, 1.82) is 0 Å². The van der Waals surface area contributed by atoms with Crippen molar-refractivity contribution in [3.63, 3.8) is 0 Å². The summed E-state index contributed by atoms with van der Waals surface area (Å²) in [5.41, 5.74) is 0. The van der Waals surface area contributed by atoms with Gasteiger partial charge in [-0.15, -0.1) is 0 Å². The van der Waals surface area contributed by atoms with Crippen LogP contribution < -0.4 is 0 Å². The third-order valence-electron chi connectivity index (χ3n) is 1.64. The molecule has 0 aliphatic rings. The van der Waals surface area contributed by atoms with Gasteiger partial charge in [-0.05, 0) is 13.3 Å². The molecule has 2 heteroatoms. The Hall–Kier alpha value is -0.0831. The van der Waals surface area contributed by atoms with Crippen molar-refractivity contribution in [3.8, 4) is 0 Å². The second-order valence-electron chi connectivity index (χ2n) is 4.79. The zero-order valence-corrected chi connectivity index (χ0v) is 10.8. The Kier molecular flexibility index (Phi) is 6.34. The van der Waals surface area contributed by atoms with E-state index in [9.17, 15) is 0 Å². The SMILES string of the molecule is CCC/C=C\[C@@H](C)OC[Si](C)(C)C. The number of hydrogen-bond donors (Lipinski definition) is 0. The van der Waals surface area contributed by atoms with Gasteiger partial charge in [0.15, 0.2) is 0 Å². The third kappa shape index (κ3) is 9.83. The minimum Gasteiger partial charge on any atom is -0.378 e. The maximum atomic E-state index is 5.73. The van der Waals surface area contributed by atoms with Crippen LogP contribution in [0.25, 0.3) is 0 Å². The molecular weight excluding hydrogens is 176 g/mol. The van der Waals surface area contributed by atoms with Gasteiger partial charge in [0.1, 0.15) is 0 Å². The number of ether oxygens (including phenoxy) is 1. The Morgan fingerprint density at radius 2 is 1.92 bits per heavy atom. The maximum Gasteiger partial charge on any atom is 0.0746 e. The van der Waals surface area contributed by atoms with E-state index in [2.05, 4.69) is 45.6 Å². The fourth-order valence-corrected chi connectivity index (χ4v) is 1.65. The van der Waals surface area contributed by atoms with E-state index in [0.29, 0.717) is 6.10 Å². The van der Waals surface area contributed by atoms with Crippen molar-refractivity contribution >= 4 is 8.07 Å². The molecule has 0 amide bonds. The maximum absolute atomic E-state index is 5.73. The van der Waals surface area contributed by atoms with E-state index in [1.165, 1.54) is 12.8 Å². The molecule has 0 aromatic rings. The molecule has 0 rings (SSSR count). The quantitative estimate of drug-likeness (QED) is 0.470. The highest BCUT2D eigenvalue weighted by atomic mass is 28.3. The summed E-state index contributed by atoms with van der Waals surface area (Å²) in [6.07, 6.45) is 8.03. The number of hydrogen-bond acceptors (Lipinski definition) is 1. The van der Waals surface area contributed by atoms with Gasteiger partial charge in [-0.3, -0.25) is 0 Å². The monoisotopic (exact) mass is 200 g/mol. The van der Waals surface area contributed by atoms with Crippen LogP contribution in [0.2, 0.25) is 19.6 Å². The predicted molar refractivity (Wildman–Crippen MR) is 62.8 cm³/mol. The highest BCUT2D eigenvalue weighted by molar-refractivity contribution is 6.76. The van der Waals surface area contributed by atoms with Gasteiger partial charge in [-0.25, -0.2) is 0 Å². The summed E-state index contributed by atoms with van der Waals surface area (Å²) in [6.45, 7) is 11.3. The molecule has 0 aromatic carbocycles. The Bertz CT molecular complexity index is 147. The molecule has 0 unspecified atom stereocenters. The summed E-state index contributed by atoms with van der Waals surface area (Å²) in [5, 5.41) is 0. The highest BCUT2D eigenvalue weighted by Crippen LogP contribution is 2.04. The standard InChI is InChI=1S/C11H24OSi/c1-6-7-8-9-11(2)12-10-13(3,4)5/h8-9,11H,6-7,10H2,1-5H3/b9-8-/t11-/m1/s1. The average Bonchev–Trinajstić information content (AvgIpc) is 2.00. The van der Waals surface area contributed by atoms with Crippen LogP contribution in [0.15, 0.2) is 12.2 Å². The van der Waals surface area contributed by atoms with Gasteiger partial charge in [-0.1, -0.05) is 45.1 Å². The van der Waals surface area contributed by atoms with Crippen molar-refractivity contribution in [1.82, 2.24) is 0 Å². The van der Waals surface area contributed by atoms with Gasteiger partial charge in [0, 0.05) is 6.23 Å². The smallest absolute Gasteiger partial charge is 0.0746 e. The minimum absolute atomic E-state index is 0.290. The van der Waals surface area contributed by atoms with Crippen LogP contribution in [0.4, 0.5) is 0 Å². The lowest BCUT2D eigenvalue weighted by molar-refractivity contribution is 0.132. The lowest BCUT2D eigenvalue weighted by Crippen LogP contribution is -2.30. The molecule has 0 saturated carbocycles. The summed E-state index contributed by atoms with van der Waals surface area (Å²) in [6, 6.07) is 0. The van der Waals surface area contributed by atoms with Gasteiger partial charge in [-0.2, -0.15) is 0 Å². The van der Waals surface area contributed by atoms with E-state index in [4.69, 9.17) is 4.74 Å². The minimum atomic E-state index is -1.02. The van der Waals surface area contributed by atoms with Gasteiger partial charge >= 0.3 is 0 Å². The van der Waals surface area contributed by atoms with Crippen molar-refractivity contribution < 1.29 is 4.74 Å². The molecule has 0 aliphatic carbocycles. The summed E-state index contributed by atoms with van der Waals surface area (Å²) >= 11 is 0. The van der Waals surface area contributed by atoms with Crippen LogP contribution in [-0.2, 0) is 4.74 Å². The molecule has 0 fully saturated rings. The lowest BCUT2D eigenvalue weighted by atomic mass is 10.3. The molecule has 0 spiro atoms. The first-order chi connectivity index (χ1) is 5.95. The van der Waals surface area contributed by atoms with Gasteiger partial charge in [0.2, 0.25) is 0 Å². The zero-order chi connectivity index (χ0) is 10.3. The van der Waals surface area contributed by atoms with Crippen molar-refractivity contribution in [2.45, 2.75) is 52.4 Å². The number of unbranched alkanes of at least 4 members (excludes halogenated alkanes) is 1. The highest BCUT2D eigenvalue weighted by Gasteiger charge is 2.13. The van der Waals surface area contributed by atoms with E-state index in [1.54, 1.807) is 0 Å². The summed E-state index contributed by atoms with van der Waals surface area (Å²) in [7, 11) is -1.02. The molecule has 0 radical (unpaired) electrons. The Labute approximate surface area is 84.2 Å². The first kappa shape index (κ1) is 12.9. The Balaban J connectivity index is 3.57. The number of allylic oxidation sites excluding steroid dienone is 1. The van der Waals surface area contributed by atoms with Crippen molar-refractivity contribution in [3.05, 3.63) is 12.2 Å². The molecule has 13 heavy (non-hydrogen) atoms. The molecule has 0 aliphatic heterocycles. The third-order valence-corrected chi connectivity index (χ3v) is 2.67. The molecule has 0 aromatic heterocycles. The molecule has 1 atom stereocenters. The van der Waals surface area contributed by atoms with Crippen LogP contribution in [-0.4, -0.2) is 20.4 Å². The van der Waals surface area contributed by atoms with Crippen LogP contribution in [0.1, 0.15) is 26.7 Å². The Morgan fingerprint density at radius 1 is 1.31 bits per heavy atom. The second-order valence-corrected chi connectivity index (χ2v) is 10.2. The topological polar surface area (TPSA) is 9.23 Å². The largest absolute Gasteiger partial charge is 0.378 e. The molecule has 0 bridgehead atoms. The van der Waals surface area contributed by atoms with E-state index in [-0.39, 0.29) is 0 Å². The summed E-state index contributed by atoms with van der Waals surface area (Å²) in [4.78, 5) is 0. The molecule has 0 heterocycles. The average molecular weight is 200 g/mol. The molecule has 0 N–H and O–H groups in total. The molecular formula is C11H24OSi. The first-order valence-corrected chi connectivity index (χ1v) is 8.94.